The Morgan fingerprint density at radius 3 is 2.52 bits per heavy atom. The maximum Gasteiger partial charge on any atom is 0.229 e. The molecule has 1 aliphatic rings. The van der Waals surface area contributed by atoms with Crippen LogP contribution < -0.4 is 9.46 Å². The summed E-state index contributed by atoms with van der Waals surface area (Å²) in [6.45, 7) is 2.97. The molecule has 3 rings (SSSR count). The van der Waals surface area contributed by atoms with Crippen LogP contribution >= 0.6 is 0 Å². The highest BCUT2D eigenvalue weighted by Gasteiger charge is 2.41. The van der Waals surface area contributed by atoms with E-state index in [1.807, 2.05) is 43.3 Å². The summed E-state index contributed by atoms with van der Waals surface area (Å²) in [4.78, 5) is 0. The van der Waals surface area contributed by atoms with Gasteiger partial charge < -0.3 is 9.47 Å². The van der Waals surface area contributed by atoms with Crippen LogP contribution in [0.5, 0.6) is 5.75 Å². The summed E-state index contributed by atoms with van der Waals surface area (Å²) >= 11 is 0. The number of nitrogens with one attached hydrogen (secondary N) is 1. The van der Waals surface area contributed by atoms with Crippen LogP contribution in [0, 0.1) is 0 Å². The van der Waals surface area contributed by atoms with Gasteiger partial charge in [0, 0.05) is 0 Å². The first kappa shape index (κ1) is 15.8. The molecule has 2 aromatic carbocycles. The topological polar surface area (TPSA) is 67.9 Å². The molecule has 1 aliphatic heterocycles. The van der Waals surface area contributed by atoms with Gasteiger partial charge in [-0.3, -0.25) is 4.72 Å². The first-order chi connectivity index (χ1) is 10.9. The van der Waals surface area contributed by atoms with Gasteiger partial charge in [0.05, 0.1) is 18.6 Å². The molecule has 5 nitrogen and oxygen atoms in total. The van der Waals surface area contributed by atoms with E-state index in [4.69, 9.17) is 9.47 Å². The van der Waals surface area contributed by atoms with Crippen molar-refractivity contribution in [2.75, 3.05) is 17.6 Å². The van der Waals surface area contributed by atoms with Crippen LogP contribution in [0.2, 0.25) is 0 Å². The van der Waals surface area contributed by atoms with Gasteiger partial charge in [-0.05, 0) is 30.2 Å². The minimum Gasteiger partial charge on any atom is -0.487 e. The second-order valence-electron chi connectivity index (χ2n) is 5.88. The van der Waals surface area contributed by atoms with Crippen LogP contribution in [0.1, 0.15) is 18.1 Å². The predicted molar refractivity (Wildman–Crippen MR) is 89.0 cm³/mol. The van der Waals surface area contributed by atoms with E-state index in [1.54, 1.807) is 12.1 Å². The van der Waals surface area contributed by atoms with E-state index in [9.17, 15) is 8.42 Å². The Labute approximate surface area is 136 Å². The van der Waals surface area contributed by atoms with Crippen molar-refractivity contribution in [3.63, 3.8) is 0 Å². The zero-order chi connectivity index (χ0) is 16.5. The number of anilines is 1. The summed E-state index contributed by atoms with van der Waals surface area (Å²) in [6, 6.07) is 15.2. The Morgan fingerprint density at radius 2 is 1.91 bits per heavy atom. The van der Waals surface area contributed by atoms with Gasteiger partial charge in [-0.1, -0.05) is 36.4 Å². The molecule has 0 amide bonds. The van der Waals surface area contributed by atoms with Crippen LogP contribution in [-0.2, 0) is 27.0 Å². The van der Waals surface area contributed by atoms with Crippen molar-refractivity contribution < 1.29 is 17.9 Å². The Balaban J connectivity index is 1.85. The number of hydrogen-bond acceptors (Lipinski definition) is 4. The van der Waals surface area contributed by atoms with Crippen molar-refractivity contribution in [1.29, 1.82) is 0 Å². The van der Waals surface area contributed by atoms with Crippen molar-refractivity contribution in [3.8, 4) is 5.75 Å². The Morgan fingerprint density at radius 1 is 1.22 bits per heavy atom. The monoisotopic (exact) mass is 333 g/mol. The first-order valence-electron chi connectivity index (χ1n) is 7.29. The summed E-state index contributed by atoms with van der Waals surface area (Å²) in [5.74, 6) is 0.493. The first-order valence-corrected chi connectivity index (χ1v) is 9.18. The number of rotatable bonds is 6. The molecule has 6 heteroatoms. The third kappa shape index (κ3) is 4.03. The molecule has 0 aliphatic carbocycles. The van der Waals surface area contributed by atoms with E-state index in [2.05, 4.69) is 4.72 Å². The van der Waals surface area contributed by atoms with Crippen molar-refractivity contribution >= 4 is 15.7 Å². The lowest BCUT2D eigenvalue weighted by atomic mass is 10.0. The van der Waals surface area contributed by atoms with Crippen molar-refractivity contribution in [2.45, 2.75) is 19.1 Å². The van der Waals surface area contributed by atoms with Crippen molar-refractivity contribution in [1.82, 2.24) is 0 Å². The highest BCUT2D eigenvalue weighted by atomic mass is 32.2. The third-order valence-electron chi connectivity index (χ3n) is 3.70. The van der Waals surface area contributed by atoms with Gasteiger partial charge in [-0.25, -0.2) is 8.42 Å². The van der Waals surface area contributed by atoms with Crippen molar-refractivity contribution in [2.24, 2.45) is 0 Å². The molecule has 1 fully saturated rings. The number of epoxide rings is 1. The Bertz CT molecular complexity index is 799. The maximum absolute atomic E-state index is 11.6. The molecule has 0 saturated carbocycles. The fraction of sp³-hybridized carbons (Fsp3) is 0.294. The van der Waals surface area contributed by atoms with Gasteiger partial charge in [0.1, 0.15) is 18.0 Å². The molecule has 1 heterocycles. The molecule has 0 bridgehead atoms. The molecule has 1 N–H and O–H groups in total. The molecular weight excluding hydrogens is 314 g/mol. The predicted octanol–water partition coefficient (Wildman–Crippen LogP) is 2.88. The van der Waals surface area contributed by atoms with Gasteiger partial charge >= 0.3 is 0 Å². The zero-order valence-corrected chi connectivity index (χ0v) is 13.9. The second kappa shape index (κ2) is 5.86. The van der Waals surface area contributed by atoms with E-state index in [0.29, 0.717) is 24.7 Å². The van der Waals surface area contributed by atoms with E-state index in [0.717, 1.165) is 17.4 Å². The fourth-order valence-corrected chi connectivity index (χ4v) is 2.83. The van der Waals surface area contributed by atoms with Crippen LogP contribution in [0.15, 0.2) is 48.5 Å². The molecule has 0 aromatic heterocycles. The summed E-state index contributed by atoms with van der Waals surface area (Å²) < 4.78 is 36.9. The third-order valence-corrected chi connectivity index (χ3v) is 4.29. The zero-order valence-electron chi connectivity index (χ0n) is 13.1. The minimum atomic E-state index is -3.40. The van der Waals surface area contributed by atoms with Gasteiger partial charge in [0.25, 0.3) is 0 Å². The van der Waals surface area contributed by atoms with E-state index in [-0.39, 0.29) is 5.60 Å². The molecule has 1 saturated heterocycles. The smallest absolute Gasteiger partial charge is 0.229 e. The molecule has 23 heavy (non-hydrogen) atoms. The second-order valence-corrected chi connectivity index (χ2v) is 7.63. The minimum absolute atomic E-state index is 0.327. The van der Waals surface area contributed by atoms with Gasteiger partial charge in [0.15, 0.2) is 0 Å². The number of ether oxygens (including phenoxy) is 2. The highest BCUT2D eigenvalue weighted by molar-refractivity contribution is 7.92. The average Bonchev–Trinajstić information content (AvgIpc) is 3.24. The van der Waals surface area contributed by atoms with Gasteiger partial charge in [-0.15, -0.1) is 0 Å². The highest BCUT2D eigenvalue weighted by Crippen LogP contribution is 2.41. The number of sulfonamides is 1. The standard InChI is InChI=1S/C17H19NO4S/c1-17(12-22-17)14-8-9-16(15(10-14)18-23(2,19)20)21-11-13-6-4-3-5-7-13/h3-10,18H,11-12H2,1-2H3. The average molecular weight is 333 g/mol. The van der Waals surface area contributed by atoms with Crippen LogP contribution in [0.4, 0.5) is 5.69 Å². The Hall–Kier alpha value is -2.05. The quantitative estimate of drug-likeness (QED) is 0.826. The molecule has 1 unspecified atom stereocenters. The molecule has 122 valence electrons. The largest absolute Gasteiger partial charge is 0.487 e. The van der Waals surface area contributed by atoms with Crippen molar-refractivity contribution in [3.05, 3.63) is 59.7 Å². The van der Waals surface area contributed by atoms with E-state index >= 15 is 0 Å². The fourth-order valence-electron chi connectivity index (χ4n) is 2.27. The summed E-state index contributed by atoms with van der Waals surface area (Å²) in [5.41, 5.74) is 2.04. The maximum atomic E-state index is 11.6. The number of benzene rings is 2. The van der Waals surface area contributed by atoms with Gasteiger partial charge in [-0.2, -0.15) is 0 Å². The van der Waals surface area contributed by atoms with E-state index in [1.165, 1.54) is 0 Å². The molecular formula is C17H19NO4S. The van der Waals surface area contributed by atoms with Gasteiger partial charge in [0.2, 0.25) is 10.0 Å². The lowest BCUT2D eigenvalue weighted by Crippen LogP contribution is -2.12. The lowest BCUT2D eigenvalue weighted by molar-refractivity contribution is 0.306. The summed E-state index contributed by atoms with van der Waals surface area (Å²) in [6.07, 6.45) is 1.12. The number of hydrogen-bond donors (Lipinski definition) is 1. The van der Waals surface area contributed by atoms with Crippen LogP contribution in [-0.4, -0.2) is 21.3 Å². The normalized spacial score (nSPS) is 20.1. The van der Waals surface area contributed by atoms with E-state index < -0.39 is 10.0 Å². The van der Waals surface area contributed by atoms with Crippen LogP contribution in [0.3, 0.4) is 0 Å². The SMILES string of the molecule is CC1(c2ccc(OCc3ccccc3)c(NS(C)(=O)=O)c2)CO1. The summed E-state index contributed by atoms with van der Waals surface area (Å²) in [7, 11) is -3.40. The Kier molecular flexibility index (Phi) is 4.04. The molecule has 1 atom stereocenters. The molecule has 0 radical (unpaired) electrons. The lowest BCUT2D eigenvalue weighted by Gasteiger charge is -2.15. The summed E-state index contributed by atoms with van der Waals surface area (Å²) in [5, 5.41) is 0. The molecule has 0 spiro atoms. The van der Waals surface area contributed by atoms with Crippen LogP contribution in [0.25, 0.3) is 0 Å². The molecule has 2 aromatic rings.